The molecule has 2 N–H and O–H groups in total. The fourth-order valence-electron chi connectivity index (χ4n) is 1.55. The van der Waals surface area contributed by atoms with Gasteiger partial charge in [0.1, 0.15) is 10.8 Å². The van der Waals surface area contributed by atoms with Gasteiger partial charge in [-0.3, -0.25) is 0 Å². The highest BCUT2D eigenvalue weighted by molar-refractivity contribution is 8.01. The summed E-state index contributed by atoms with van der Waals surface area (Å²) in [7, 11) is 0. The van der Waals surface area contributed by atoms with Crippen molar-refractivity contribution in [3.05, 3.63) is 30.3 Å². The molecule has 0 saturated heterocycles. The molecular weight excluding hydrogens is 296 g/mol. The zero-order valence-electron chi connectivity index (χ0n) is 10.0. The van der Waals surface area contributed by atoms with Crippen LogP contribution in [0.2, 0.25) is 0 Å². The molecule has 0 radical (unpaired) electrons. The number of thiazole rings is 1. The van der Waals surface area contributed by atoms with Crippen LogP contribution >= 0.6 is 34.9 Å². The molecule has 19 heavy (non-hydrogen) atoms. The van der Waals surface area contributed by atoms with Gasteiger partial charge in [0, 0.05) is 6.07 Å². The molecule has 0 amide bonds. The van der Waals surface area contributed by atoms with Gasteiger partial charge in [-0.25, -0.2) is 15.0 Å². The van der Waals surface area contributed by atoms with E-state index in [-0.39, 0.29) is 0 Å². The van der Waals surface area contributed by atoms with Crippen LogP contribution in [-0.2, 0) is 0 Å². The zero-order chi connectivity index (χ0) is 13.2. The Labute approximate surface area is 122 Å². The van der Waals surface area contributed by atoms with Crippen LogP contribution in [0, 0.1) is 0 Å². The van der Waals surface area contributed by atoms with Crippen molar-refractivity contribution in [2.24, 2.45) is 0 Å². The van der Waals surface area contributed by atoms with E-state index in [4.69, 9.17) is 5.73 Å². The monoisotopic (exact) mass is 306 g/mol. The first-order valence-corrected chi connectivity index (χ1v) is 8.32. The minimum absolute atomic E-state index is 0.489. The van der Waals surface area contributed by atoms with Crippen LogP contribution in [-0.4, -0.2) is 21.2 Å². The molecule has 0 unspecified atom stereocenters. The van der Waals surface area contributed by atoms with Gasteiger partial charge in [0.15, 0.2) is 9.50 Å². The van der Waals surface area contributed by atoms with Gasteiger partial charge in [0.2, 0.25) is 0 Å². The van der Waals surface area contributed by atoms with Gasteiger partial charge in [0.25, 0.3) is 0 Å². The summed E-state index contributed by atoms with van der Waals surface area (Å²) in [5.41, 5.74) is 6.78. The molecule has 3 rings (SSSR count). The van der Waals surface area contributed by atoms with Crippen LogP contribution in [0.4, 0.5) is 5.82 Å². The minimum Gasteiger partial charge on any atom is -0.384 e. The summed E-state index contributed by atoms with van der Waals surface area (Å²) in [6, 6.07) is 9.86. The van der Waals surface area contributed by atoms with E-state index >= 15 is 0 Å². The van der Waals surface area contributed by atoms with Gasteiger partial charge in [-0.1, -0.05) is 23.9 Å². The first-order valence-electron chi connectivity index (χ1n) is 5.46. The number of fused-ring (bicyclic) bond motifs is 1. The molecule has 96 valence electrons. The summed E-state index contributed by atoms with van der Waals surface area (Å²) in [6.45, 7) is 0. The van der Waals surface area contributed by atoms with Gasteiger partial charge in [-0.2, -0.15) is 0 Å². The molecule has 0 fully saturated rings. The van der Waals surface area contributed by atoms with E-state index in [0.717, 1.165) is 14.9 Å². The van der Waals surface area contributed by atoms with Gasteiger partial charge < -0.3 is 5.73 Å². The quantitative estimate of drug-likeness (QED) is 0.453. The molecule has 0 bridgehead atoms. The predicted molar refractivity (Wildman–Crippen MR) is 82.0 cm³/mol. The van der Waals surface area contributed by atoms with Crippen LogP contribution < -0.4 is 5.73 Å². The number of benzene rings is 1. The lowest BCUT2D eigenvalue weighted by Crippen LogP contribution is -1.95. The van der Waals surface area contributed by atoms with Crippen molar-refractivity contribution in [1.82, 2.24) is 15.0 Å². The molecule has 2 aromatic heterocycles. The number of hydrogen-bond acceptors (Lipinski definition) is 7. The summed E-state index contributed by atoms with van der Waals surface area (Å²) in [5.74, 6) is 0.489. The maximum Gasteiger partial charge on any atom is 0.190 e. The SMILES string of the molecule is CSc1nc(N)cc(Sc2nc3ccccc3s2)n1. The third kappa shape index (κ3) is 2.83. The standard InChI is InChI=1S/C12H10N4S3/c1-17-11-15-9(13)6-10(16-11)19-12-14-7-4-2-3-5-8(7)18-12/h2-6H,1H3,(H2,13,15,16). The molecule has 0 spiro atoms. The first-order chi connectivity index (χ1) is 9.24. The molecule has 0 atom stereocenters. The van der Waals surface area contributed by atoms with Crippen molar-refractivity contribution in [1.29, 1.82) is 0 Å². The molecule has 1 aromatic carbocycles. The lowest BCUT2D eigenvalue weighted by atomic mass is 10.3. The average Bonchev–Trinajstić information content (AvgIpc) is 2.80. The highest BCUT2D eigenvalue weighted by Crippen LogP contribution is 2.34. The molecule has 0 saturated carbocycles. The minimum atomic E-state index is 0.489. The Morgan fingerprint density at radius 3 is 2.79 bits per heavy atom. The van der Waals surface area contributed by atoms with Crippen molar-refractivity contribution >= 4 is 50.9 Å². The van der Waals surface area contributed by atoms with Crippen LogP contribution in [0.5, 0.6) is 0 Å². The van der Waals surface area contributed by atoms with Crippen molar-refractivity contribution in [3.63, 3.8) is 0 Å². The van der Waals surface area contributed by atoms with Crippen molar-refractivity contribution in [2.75, 3.05) is 12.0 Å². The number of nitrogen functional groups attached to an aromatic ring is 1. The number of para-hydroxylation sites is 1. The molecule has 3 aromatic rings. The van der Waals surface area contributed by atoms with Gasteiger partial charge >= 0.3 is 0 Å². The molecule has 0 aliphatic rings. The summed E-state index contributed by atoms with van der Waals surface area (Å²) in [4.78, 5) is 13.1. The Balaban J connectivity index is 1.94. The van der Waals surface area contributed by atoms with Crippen LogP contribution in [0.25, 0.3) is 10.2 Å². The highest BCUT2D eigenvalue weighted by atomic mass is 32.2. The molecule has 2 heterocycles. The maximum atomic E-state index is 5.77. The molecule has 7 heteroatoms. The Morgan fingerprint density at radius 2 is 2.00 bits per heavy atom. The van der Waals surface area contributed by atoms with E-state index in [1.807, 2.05) is 24.5 Å². The van der Waals surface area contributed by atoms with E-state index in [1.54, 1.807) is 17.4 Å². The average molecular weight is 306 g/mol. The maximum absolute atomic E-state index is 5.77. The Hall–Kier alpha value is -1.31. The molecule has 4 nitrogen and oxygen atoms in total. The van der Waals surface area contributed by atoms with Crippen LogP contribution in [0.15, 0.2) is 44.9 Å². The summed E-state index contributed by atoms with van der Waals surface area (Å²) in [5, 5.41) is 1.51. The lowest BCUT2D eigenvalue weighted by Gasteiger charge is -2.01. The second-order valence-corrected chi connectivity index (χ2v) is 6.74. The zero-order valence-corrected chi connectivity index (χ0v) is 12.5. The third-order valence-corrected chi connectivity index (χ3v) is 4.91. The number of rotatable bonds is 3. The van der Waals surface area contributed by atoms with E-state index in [2.05, 4.69) is 21.0 Å². The van der Waals surface area contributed by atoms with E-state index in [0.29, 0.717) is 11.0 Å². The summed E-state index contributed by atoms with van der Waals surface area (Å²) in [6.07, 6.45) is 1.93. The second kappa shape index (κ2) is 5.36. The Morgan fingerprint density at radius 1 is 1.16 bits per heavy atom. The summed E-state index contributed by atoms with van der Waals surface area (Å²) >= 11 is 4.66. The second-order valence-electron chi connectivity index (χ2n) is 3.67. The van der Waals surface area contributed by atoms with E-state index < -0.39 is 0 Å². The lowest BCUT2D eigenvalue weighted by molar-refractivity contribution is 0.901. The highest BCUT2D eigenvalue weighted by Gasteiger charge is 2.08. The first kappa shape index (κ1) is 12.7. The number of hydrogen-bond donors (Lipinski definition) is 1. The Bertz CT molecular complexity index is 693. The normalized spacial score (nSPS) is 11.0. The fourth-order valence-corrected chi connectivity index (χ4v) is 4.02. The molecular formula is C12H10N4S3. The van der Waals surface area contributed by atoms with Crippen molar-refractivity contribution in [3.8, 4) is 0 Å². The number of nitrogens with zero attached hydrogens (tertiary/aromatic N) is 3. The number of aromatic nitrogens is 3. The number of nitrogens with two attached hydrogens (primary N) is 1. The van der Waals surface area contributed by atoms with Crippen LogP contribution in [0.1, 0.15) is 0 Å². The molecule has 0 aliphatic carbocycles. The Kier molecular flexibility index (Phi) is 3.58. The van der Waals surface area contributed by atoms with Gasteiger partial charge in [0.05, 0.1) is 10.2 Å². The number of thioether (sulfide) groups is 1. The largest absolute Gasteiger partial charge is 0.384 e. The summed E-state index contributed by atoms with van der Waals surface area (Å²) < 4.78 is 2.14. The third-order valence-electron chi connectivity index (χ3n) is 2.35. The van der Waals surface area contributed by atoms with E-state index in [9.17, 15) is 0 Å². The van der Waals surface area contributed by atoms with Gasteiger partial charge in [-0.05, 0) is 30.2 Å². The predicted octanol–water partition coefficient (Wildman–Crippen LogP) is 3.54. The van der Waals surface area contributed by atoms with Crippen molar-refractivity contribution in [2.45, 2.75) is 14.5 Å². The van der Waals surface area contributed by atoms with E-state index in [1.165, 1.54) is 28.2 Å². The molecule has 0 aliphatic heterocycles. The van der Waals surface area contributed by atoms with Crippen molar-refractivity contribution < 1.29 is 0 Å². The smallest absolute Gasteiger partial charge is 0.190 e. The van der Waals surface area contributed by atoms with Crippen LogP contribution in [0.3, 0.4) is 0 Å². The number of anilines is 1. The fraction of sp³-hybridized carbons (Fsp3) is 0.0833. The van der Waals surface area contributed by atoms with Gasteiger partial charge in [-0.15, -0.1) is 11.3 Å². The topological polar surface area (TPSA) is 64.7 Å².